The highest BCUT2D eigenvalue weighted by Crippen LogP contribution is 2.38. The van der Waals surface area contributed by atoms with Crippen LogP contribution in [0.2, 0.25) is 0 Å². The van der Waals surface area contributed by atoms with Crippen LogP contribution in [0, 0.1) is 13.8 Å². The van der Waals surface area contributed by atoms with Crippen molar-refractivity contribution in [2.45, 2.75) is 33.3 Å². The van der Waals surface area contributed by atoms with Crippen LogP contribution in [0.15, 0.2) is 30.3 Å². The number of nitrogens with zero attached hydrogens (tertiary/aromatic N) is 1. The maximum absolute atomic E-state index is 11.6. The topological polar surface area (TPSA) is 62.5 Å². The van der Waals surface area contributed by atoms with Crippen molar-refractivity contribution in [3.05, 3.63) is 64.0 Å². The summed E-state index contributed by atoms with van der Waals surface area (Å²) in [6.07, 6.45) is 1.88. The number of carboxylic acids is 1. The Bertz CT molecular complexity index is 799. The van der Waals surface area contributed by atoms with Crippen LogP contribution < -0.4 is 0 Å². The predicted molar refractivity (Wildman–Crippen MR) is 85.0 cm³/mol. The van der Waals surface area contributed by atoms with Crippen molar-refractivity contribution < 1.29 is 15.0 Å². The van der Waals surface area contributed by atoms with Gasteiger partial charge >= 0.3 is 5.97 Å². The van der Waals surface area contributed by atoms with Crippen LogP contribution in [0.25, 0.3) is 5.70 Å². The van der Waals surface area contributed by atoms with E-state index in [0.717, 1.165) is 34.5 Å². The molecule has 1 unspecified atom stereocenters. The van der Waals surface area contributed by atoms with Crippen molar-refractivity contribution >= 4 is 11.7 Å². The quantitative estimate of drug-likeness (QED) is 0.913. The van der Waals surface area contributed by atoms with Crippen LogP contribution in [0.1, 0.15) is 51.5 Å². The molecular formula is C18H19NO3. The molecule has 0 bridgehead atoms. The molecule has 1 aliphatic rings. The number of aliphatic hydroxyl groups excluding tert-OH is 1. The molecule has 114 valence electrons. The fourth-order valence-corrected chi connectivity index (χ4v) is 3.47. The number of hydrogen-bond donors (Lipinski definition) is 2. The molecule has 4 nitrogen and oxygen atoms in total. The second-order valence-corrected chi connectivity index (χ2v) is 5.61. The zero-order valence-electron chi connectivity index (χ0n) is 12.9. The third-order valence-corrected chi connectivity index (χ3v) is 4.44. The van der Waals surface area contributed by atoms with Gasteiger partial charge in [-0.2, -0.15) is 0 Å². The Hall–Kier alpha value is -2.33. The van der Waals surface area contributed by atoms with E-state index in [4.69, 9.17) is 0 Å². The van der Waals surface area contributed by atoms with E-state index in [2.05, 4.69) is 0 Å². The lowest BCUT2D eigenvalue weighted by Gasteiger charge is -2.14. The first-order chi connectivity index (χ1) is 10.5. The standard InChI is InChI=1S/C18H19NO3/c1-4-14-10(2)17(18(21)22)11(3)19(14)15-9-16(20)13-8-6-5-7-12(13)15/h5-9,16,20H,4H2,1-3H3,(H,21,22). The average molecular weight is 297 g/mol. The van der Waals surface area contributed by atoms with Gasteiger partial charge in [0, 0.05) is 17.0 Å². The maximum Gasteiger partial charge on any atom is 0.337 e. The third kappa shape index (κ3) is 1.91. The van der Waals surface area contributed by atoms with Crippen LogP contribution in [0.5, 0.6) is 0 Å². The van der Waals surface area contributed by atoms with Gasteiger partial charge in [0.15, 0.2) is 0 Å². The highest BCUT2D eigenvalue weighted by atomic mass is 16.4. The highest BCUT2D eigenvalue weighted by Gasteiger charge is 2.28. The van der Waals surface area contributed by atoms with Gasteiger partial charge in [0.2, 0.25) is 0 Å². The fourth-order valence-electron chi connectivity index (χ4n) is 3.47. The summed E-state index contributed by atoms with van der Waals surface area (Å²) in [6, 6.07) is 7.70. The molecule has 0 saturated heterocycles. The second kappa shape index (κ2) is 5.14. The lowest BCUT2D eigenvalue weighted by Crippen LogP contribution is -2.05. The smallest absolute Gasteiger partial charge is 0.337 e. The van der Waals surface area contributed by atoms with Crippen molar-refractivity contribution in [2.24, 2.45) is 0 Å². The van der Waals surface area contributed by atoms with E-state index >= 15 is 0 Å². The van der Waals surface area contributed by atoms with Crippen molar-refractivity contribution in [1.29, 1.82) is 0 Å². The summed E-state index contributed by atoms with van der Waals surface area (Å²) in [5.41, 5.74) is 5.53. The van der Waals surface area contributed by atoms with Gasteiger partial charge in [0.05, 0.1) is 11.3 Å². The average Bonchev–Trinajstić information content (AvgIpc) is 2.93. The van der Waals surface area contributed by atoms with E-state index in [1.54, 1.807) is 6.08 Å². The van der Waals surface area contributed by atoms with E-state index < -0.39 is 12.1 Å². The molecule has 1 aliphatic carbocycles. The largest absolute Gasteiger partial charge is 0.478 e. The number of aromatic carboxylic acids is 1. The van der Waals surface area contributed by atoms with Gasteiger partial charge in [-0.3, -0.25) is 0 Å². The van der Waals surface area contributed by atoms with Crippen LogP contribution >= 0.6 is 0 Å². The molecule has 0 aliphatic heterocycles. The van der Waals surface area contributed by atoms with E-state index in [0.29, 0.717) is 11.3 Å². The van der Waals surface area contributed by atoms with Gasteiger partial charge in [-0.1, -0.05) is 31.2 Å². The SMILES string of the molecule is CCc1c(C)c(C(=O)O)c(C)n1C1=CC(O)c2ccccc21. The molecule has 1 aromatic heterocycles. The Morgan fingerprint density at radius 3 is 2.59 bits per heavy atom. The molecule has 22 heavy (non-hydrogen) atoms. The molecule has 0 saturated carbocycles. The Morgan fingerprint density at radius 1 is 1.27 bits per heavy atom. The predicted octanol–water partition coefficient (Wildman–Crippen LogP) is 3.30. The zero-order valence-corrected chi connectivity index (χ0v) is 12.9. The number of aromatic nitrogens is 1. The van der Waals surface area contributed by atoms with Crippen molar-refractivity contribution in [1.82, 2.24) is 4.57 Å². The molecule has 3 rings (SSSR count). The van der Waals surface area contributed by atoms with Gasteiger partial charge in [-0.15, -0.1) is 0 Å². The molecule has 2 N–H and O–H groups in total. The van der Waals surface area contributed by atoms with E-state index in [9.17, 15) is 15.0 Å². The van der Waals surface area contributed by atoms with E-state index in [1.165, 1.54) is 0 Å². The summed E-state index contributed by atoms with van der Waals surface area (Å²) in [7, 11) is 0. The Kier molecular flexibility index (Phi) is 3.41. The second-order valence-electron chi connectivity index (χ2n) is 5.61. The minimum Gasteiger partial charge on any atom is -0.478 e. The molecule has 2 aromatic rings. The van der Waals surface area contributed by atoms with Gasteiger partial charge in [-0.25, -0.2) is 4.79 Å². The maximum atomic E-state index is 11.6. The Labute approximate surface area is 129 Å². The Balaban J connectivity index is 2.29. The van der Waals surface area contributed by atoms with Crippen LogP contribution in [-0.2, 0) is 6.42 Å². The molecule has 0 amide bonds. The molecule has 0 fully saturated rings. The lowest BCUT2D eigenvalue weighted by atomic mass is 10.1. The number of rotatable bonds is 3. The number of carboxylic acid groups (broad SMARTS) is 1. The summed E-state index contributed by atoms with van der Waals surface area (Å²) in [4.78, 5) is 11.6. The fraction of sp³-hybridized carbons (Fsp3) is 0.278. The first-order valence-corrected chi connectivity index (χ1v) is 7.41. The minimum atomic E-state index is -0.907. The number of fused-ring (bicyclic) bond motifs is 1. The summed E-state index contributed by atoms with van der Waals surface area (Å²) in [5, 5.41) is 19.7. The monoisotopic (exact) mass is 297 g/mol. The zero-order chi connectivity index (χ0) is 16.0. The number of benzene rings is 1. The van der Waals surface area contributed by atoms with E-state index in [1.807, 2.05) is 49.6 Å². The molecule has 4 heteroatoms. The molecule has 1 atom stereocenters. The third-order valence-electron chi connectivity index (χ3n) is 4.44. The first kappa shape index (κ1) is 14.6. The molecule has 0 spiro atoms. The van der Waals surface area contributed by atoms with Gasteiger partial charge in [0.25, 0.3) is 0 Å². The summed E-state index contributed by atoms with van der Waals surface area (Å²) < 4.78 is 1.98. The number of carbonyl (C=O) groups is 1. The van der Waals surface area contributed by atoms with Crippen LogP contribution in [0.3, 0.4) is 0 Å². The van der Waals surface area contributed by atoms with Crippen molar-refractivity contribution in [3.8, 4) is 0 Å². The molecule has 1 heterocycles. The summed E-state index contributed by atoms with van der Waals surface area (Å²) in [6.45, 7) is 5.69. The number of hydrogen-bond acceptors (Lipinski definition) is 2. The molecule has 0 radical (unpaired) electrons. The lowest BCUT2D eigenvalue weighted by molar-refractivity contribution is 0.0695. The van der Waals surface area contributed by atoms with Crippen molar-refractivity contribution in [2.75, 3.05) is 0 Å². The van der Waals surface area contributed by atoms with Crippen molar-refractivity contribution in [3.63, 3.8) is 0 Å². The van der Waals surface area contributed by atoms with Gasteiger partial charge < -0.3 is 14.8 Å². The Morgan fingerprint density at radius 2 is 1.95 bits per heavy atom. The summed E-state index contributed by atoms with van der Waals surface area (Å²) >= 11 is 0. The molecule has 1 aromatic carbocycles. The van der Waals surface area contributed by atoms with Crippen LogP contribution in [0.4, 0.5) is 0 Å². The summed E-state index contributed by atoms with van der Waals surface area (Å²) in [5.74, 6) is -0.907. The highest BCUT2D eigenvalue weighted by molar-refractivity contribution is 5.92. The molecular weight excluding hydrogens is 278 g/mol. The van der Waals surface area contributed by atoms with Crippen LogP contribution in [-0.4, -0.2) is 20.7 Å². The first-order valence-electron chi connectivity index (χ1n) is 7.41. The number of aliphatic hydroxyl groups is 1. The minimum absolute atomic E-state index is 0.358. The van der Waals surface area contributed by atoms with Gasteiger partial charge in [-0.05, 0) is 37.5 Å². The van der Waals surface area contributed by atoms with Gasteiger partial charge in [0.1, 0.15) is 6.10 Å². The normalized spacial score (nSPS) is 16.5. The van der Waals surface area contributed by atoms with E-state index in [-0.39, 0.29) is 0 Å².